The SMILES string of the molecule is Fc1cc(Cl)ccc1-c1[nH]nc(C2CCNCC2)c1-c1ccncn1. The van der Waals surface area contributed by atoms with Gasteiger partial charge in [-0.05, 0) is 50.2 Å². The first-order valence-electron chi connectivity index (χ1n) is 8.25. The van der Waals surface area contributed by atoms with Gasteiger partial charge in [-0.15, -0.1) is 0 Å². The number of rotatable bonds is 3. The molecule has 2 N–H and O–H groups in total. The maximum atomic E-state index is 14.5. The number of aromatic nitrogens is 4. The van der Waals surface area contributed by atoms with Gasteiger partial charge in [-0.1, -0.05) is 11.6 Å². The predicted octanol–water partition coefficient (Wildman–Crippen LogP) is 3.79. The van der Waals surface area contributed by atoms with Crippen LogP contribution in [0.2, 0.25) is 5.02 Å². The van der Waals surface area contributed by atoms with Gasteiger partial charge in [-0.25, -0.2) is 14.4 Å². The minimum atomic E-state index is -0.386. The van der Waals surface area contributed by atoms with Gasteiger partial charge < -0.3 is 5.32 Å². The van der Waals surface area contributed by atoms with Crippen LogP contribution in [0.25, 0.3) is 22.5 Å². The lowest BCUT2D eigenvalue weighted by molar-refractivity contribution is 0.453. The van der Waals surface area contributed by atoms with Gasteiger partial charge in [-0.2, -0.15) is 5.10 Å². The van der Waals surface area contributed by atoms with E-state index in [4.69, 9.17) is 11.6 Å². The Morgan fingerprint density at radius 1 is 1.16 bits per heavy atom. The zero-order valence-electron chi connectivity index (χ0n) is 13.5. The minimum Gasteiger partial charge on any atom is -0.317 e. The molecule has 1 saturated heterocycles. The summed E-state index contributed by atoms with van der Waals surface area (Å²) in [5, 5.41) is 11.3. The van der Waals surface area contributed by atoms with Crippen LogP contribution in [0.1, 0.15) is 24.5 Å². The summed E-state index contributed by atoms with van der Waals surface area (Å²) in [6.07, 6.45) is 5.16. The molecule has 4 rings (SSSR count). The van der Waals surface area contributed by atoms with E-state index in [-0.39, 0.29) is 5.82 Å². The van der Waals surface area contributed by atoms with E-state index < -0.39 is 0 Å². The van der Waals surface area contributed by atoms with Crippen LogP contribution in [0, 0.1) is 5.82 Å². The quantitative estimate of drug-likeness (QED) is 0.748. The molecular weight excluding hydrogens is 341 g/mol. The molecular formula is C18H17ClFN5. The van der Waals surface area contributed by atoms with E-state index in [2.05, 4.69) is 25.5 Å². The lowest BCUT2D eigenvalue weighted by atomic mass is 9.89. The average Bonchev–Trinajstić information content (AvgIpc) is 3.08. The van der Waals surface area contributed by atoms with Crippen LogP contribution in [0.5, 0.6) is 0 Å². The second kappa shape index (κ2) is 6.90. The number of piperidine rings is 1. The van der Waals surface area contributed by atoms with Crippen molar-refractivity contribution < 1.29 is 4.39 Å². The number of nitrogens with one attached hydrogen (secondary N) is 2. The monoisotopic (exact) mass is 357 g/mol. The smallest absolute Gasteiger partial charge is 0.134 e. The number of H-pyrrole nitrogens is 1. The molecule has 5 nitrogen and oxygen atoms in total. The van der Waals surface area contributed by atoms with Gasteiger partial charge in [0.2, 0.25) is 0 Å². The molecule has 0 unspecified atom stereocenters. The highest BCUT2D eigenvalue weighted by molar-refractivity contribution is 6.30. The molecule has 1 aliphatic heterocycles. The van der Waals surface area contributed by atoms with Gasteiger partial charge >= 0.3 is 0 Å². The van der Waals surface area contributed by atoms with E-state index in [9.17, 15) is 4.39 Å². The lowest BCUT2D eigenvalue weighted by Gasteiger charge is -2.22. The second-order valence-corrected chi connectivity index (χ2v) is 6.54. The maximum Gasteiger partial charge on any atom is 0.134 e. The molecule has 25 heavy (non-hydrogen) atoms. The van der Waals surface area contributed by atoms with Crippen molar-refractivity contribution in [3.05, 3.63) is 53.3 Å². The highest BCUT2D eigenvalue weighted by atomic mass is 35.5. The summed E-state index contributed by atoms with van der Waals surface area (Å²) in [5.41, 5.74) is 3.58. The van der Waals surface area contributed by atoms with Crippen molar-refractivity contribution in [2.75, 3.05) is 13.1 Å². The zero-order chi connectivity index (χ0) is 17.2. The molecule has 2 aromatic heterocycles. The summed E-state index contributed by atoms with van der Waals surface area (Å²) in [6, 6.07) is 6.48. The second-order valence-electron chi connectivity index (χ2n) is 6.10. The standard InChI is InChI=1S/C18H17ClFN5/c19-12-1-2-13(14(20)9-12)18-16(15-5-8-22-10-23-15)17(24-25-18)11-3-6-21-7-4-11/h1-2,5,8-11,21H,3-4,6-7H2,(H,24,25). The molecule has 1 aliphatic rings. The van der Waals surface area contributed by atoms with Crippen LogP contribution in [0.4, 0.5) is 4.39 Å². The molecule has 0 aliphatic carbocycles. The summed E-state index contributed by atoms with van der Waals surface area (Å²) in [6.45, 7) is 1.90. The number of halogens is 2. The average molecular weight is 358 g/mol. The fourth-order valence-electron chi connectivity index (χ4n) is 3.33. The molecule has 1 fully saturated rings. The van der Waals surface area contributed by atoms with Crippen molar-refractivity contribution in [3.8, 4) is 22.5 Å². The first kappa shape index (κ1) is 16.2. The van der Waals surface area contributed by atoms with Crippen LogP contribution in [-0.2, 0) is 0 Å². The topological polar surface area (TPSA) is 66.5 Å². The normalized spacial score (nSPS) is 15.4. The molecule has 128 valence electrons. The molecule has 0 saturated carbocycles. The Hall–Kier alpha value is -2.31. The Kier molecular flexibility index (Phi) is 4.46. The predicted molar refractivity (Wildman–Crippen MR) is 94.9 cm³/mol. The maximum absolute atomic E-state index is 14.5. The highest BCUT2D eigenvalue weighted by Gasteiger charge is 2.26. The minimum absolute atomic E-state index is 0.312. The van der Waals surface area contributed by atoms with Crippen molar-refractivity contribution >= 4 is 11.6 Å². The molecule has 3 aromatic rings. The third-order valence-electron chi connectivity index (χ3n) is 4.56. The lowest BCUT2D eigenvalue weighted by Crippen LogP contribution is -2.27. The first-order chi connectivity index (χ1) is 12.2. The van der Waals surface area contributed by atoms with E-state index in [1.807, 2.05) is 6.07 Å². The number of benzene rings is 1. The van der Waals surface area contributed by atoms with E-state index >= 15 is 0 Å². The molecule has 0 radical (unpaired) electrons. The molecule has 0 atom stereocenters. The number of nitrogens with zero attached hydrogens (tertiary/aromatic N) is 3. The number of hydrogen-bond donors (Lipinski definition) is 2. The van der Waals surface area contributed by atoms with E-state index in [1.165, 1.54) is 12.4 Å². The summed E-state index contributed by atoms with van der Waals surface area (Å²) >= 11 is 5.89. The van der Waals surface area contributed by atoms with Crippen molar-refractivity contribution in [3.63, 3.8) is 0 Å². The molecule has 3 heterocycles. The van der Waals surface area contributed by atoms with Crippen molar-refractivity contribution in [2.24, 2.45) is 0 Å². The summed E-state index contributed by atoms with van der Waals surface area (Å²) in [5.74, 6) is -0.0742. The highest BCUT2D eigenvalue weighted by Crippen LogP contribution is 2.39. The summed E-state index contributed by atoms with van der Waals surface area (Å²) in [7, 11) is 0. The fraction of sp³-hybridized carbons (Fsp3) is 0.278. The van der Waals surface area contributed by atoms with E-state index in [0.717, 1.165) is 42.9 Å². The fourth-order valence-corrected chi connectivity index (χ4v) is 3.49. The Balaban J connectivity index is 1.88. The first-order valence-corrected chi connectivity index (χ1v) is 8.62. The molecule has 0 bridgehead atoms. The third-order valence-corrected chi connectivity index (χ3v) is 4.79. The van der Waals surface area contributed by atoms with Gasteiger partial charge in [0.05, 0.1) is 17.1 Å². The van der Waals surface area contributed by atoms with Crippen molar-refractivity contribution in [1.29, 1.82) is 0 Å². The van der Waals surface area contributed by atoms with Gasteiger partial charge in [0, 0.05) is 28.3 Å². The molecule has 7 heteroatoms. The third kappa shape index (κ3) is 3.15. The van der Waals surface area contributed by atoms with Gasteiger partial charge in [0.25, 0.3) is 0 Å². The van der Waals surface area contributed by atoms with E-state index in [0.29, 0.717) is 22.2 Å². The van der Waals surface area contributed by atoms with Crippen molar-refractivity contribution in [2.45, 2.75) is 18.8 Å². The largest absolute Gasteiger partial charge is 0.317 e. The van der Waals surface area contributed by atoms with Crippen LogP contribution in [0.3, 0.4) is 0 Å². The van der Waals surface area contributed by atoms with Crippen LogP contribution >= 0.6 is 11.6 Å². The van der Waals surface area contributed by atoms with Crippen LogP contribution < -0.4 is 5.32 Å². The summed E-state index contributed by atoms with van der Waals surface area (Å²) < 4.78 is 14.5. The molecule has 0 spiro atoms. The molecule has 1 aromatic carbocycles. The Bertz CT molecular complexity index is 874. The number of hydrogen-bond acceptors (Lipinski definition) is 4. The Morgan fingerprint density at radius 3 is 2.72 bits per heavy atom. The van der Waals surface area contributed by atoms with Crippen LogP contribution in [0.15, 0.2) is 36.8 Å². The molecule has 0 amide bonds. The Morgan fingerprint density at radius 2 is 2.00 bits per heavy atom. The van der Waals surface area contributed by atoms with E-state index in [1.54, 1.807) is 18.3 Å². The number of aromatic amines is 1. The van der Waals surface area contributed by atoms with Crippen molar-refractivity contribution in [1.82, 2.24) is 25.5 Å². The van der Waals surface area contributed by atoms with Gasteiger partial charge in [0.1, 0.15) is 12.1 Å². The van der Waals surface area contributed by atoms with Crippen LogP contribution in [-0.4, -0.2) is 33.3 Å². The zero-order valence-corrected chi connectivity index (χ0v) is 14.2. The van der Waals surface area contributed by atoms with Gasteiger partial charge in [-0.3, -0.25) is 5.10 Å². The van der Waals surface area contributed by atoms with Gasteiger partial charge in [0.15, 0.2) is 0 Å². The Labute approximate surface area is 149 Å². The summed E-state index contributed by atoms with van der Waals surface area (Å²) in [4.78, 5) is 8.36.